The third-order valence-electron chi connectivity index (χ3n) is 2.30. The van der Waals surface area contributed by atoms with Crippen LogP contribution in [0.2, 0.25) is 0 Å². The van der Waals surface area contributed by atoms with Crippen LogP contribution in [-0.2, 0) is 11.2 Å². The summed E-state index contributed by atoms with van der Waals surface area (Å²) in [5.74, 6) is -0.218. The lowest BCUT2D eigenvalue weighted by Gasteiger charge is -2.04. The van der Waals surface area contributed by atoms with Crippen LogP contribution in [0.5, 0.6) is 0 Å². The number of anilines is 1. The Labute approximate surface area is 111 Å². The molecule has 18 heavy (non-hydrogen) atoms. The Balaban J connectivity index is 1.91. The van der Waals surface area contributed by atoms with Gasteiger partial charge in [-0.1, -0.05) is 15.9 Å². The van der Waals surface area contributed by atoms with Gasteiger partial charge in [-0.2, -0.15) is 10.1 Å². The summed E-state index contributed by atoms with van der Waals surface area (Å²) in [6.45, 7) is 0. The molecule has 0 aliphatic rings. The molecular formula is C11H10BrFN4O. The van der Waals surface area contributed by atoms with Gasteiger partial charge in [0.2, 0.25) is 11.9 Å². The molecule has 0 radical (unpaired) electrons. The molecule has 1 aromatic heterocycles. The van der Waals surface area contributed by atoms with Gasteiger partial charge in [-0.25, -0.2) is 9.49 Å². The van der Waals surface area contributed by atoms with Crippen LogP contribution in [0.15, 0.2) is 29.0 Å². The maximum atomic E-state index is 13.0. The van der Waals surface area contributed by atoms with Crippen LogP contribution in [0.3, 0.4) is 0 Å². The number of rotatable bonds is 4. The number of carbonyl (C=O) groups is 1. The normalized spacial score (nSPS) is 10.3. The summed E-state index contributed by atoms with van der Waals surface area (Å²) in [5.41, 5.74) is 0.753. The summed E-state index contributed by atoms with van der Waals surface area (Å²) in [7, 11) is 0. The molecule has 0 saturated heterocycles. The van der Waals surface area contributed by atoms with E-state index < -0.39 is 0 Å². The Hall–Kier alpha value is -1.76. The molecule has 7 heteroatoms. The quantitative estimate of drug-likeness (QED) is 0.910. The third-order valence-corrected chi connectivity index (χ3v) is 3.08. The molecule has 1 amide bonds. The van der Waals surface area contributed by atoms with Crippen molar-refractivity contribution in [2.24, 2.45) is 0 Å². The summed E-state index contributed by atoms with van der Waals surface area (Å²) in [4.78, 5) is 15.3. The van der Waals surface area contributed by atoms with Crippen molar-refractivity contribution in [2.75, 3.05) is 5.32 Å². The van der Waals surface area contributed by atoms with E-state index in [1.807, 2.05) is 0 Å². The first-order chi connectivity index (χ1) is 8.65. The van der Waals surface area contributed by atoms with Crippen molar-refractivity contribution in [3.05, 3.63) is 40.4 Å². The predicted molar refractivity (Wildman–Crippen MR) is 67.4 cm³/mol. The number of H-pyrrole nitrogens is 1. The van der Waals surface area contributed by atoms with Gasteiger partial charge in [-0.3, -0.25) is 10.1 Å². The van der Waals surface area contributed by atoms with Crippen molar-refractivity contribution in [3.63, 3.8) is 0 Å². The van der Waals surface area contributed by atoms with Gasteiger partial charge in [0.05, 0.1) is 0 Å². The Bertz CT molecular complexity index is 544. The summed E-state index contributed by atoms with van der Waals surface area (Å²) >= 11 is 3.31. The van der Waals surface area contributed by atoms with Crippen LogP contribution in [0.25, 0.3) is 0 Å². The smallest absolute Gasteiger partial charge is 0.227 e. The highest BCUT2D eigenvalue weighted by molar-refractivity contribution is 9.10. The van der Waals surface area contributed by atoms with E-state index >= 15 is 0 Å². The number of hydrogen-bond acceptors (Lipinski definition) is 3. The molecule has 0 unspecified atom stereocenters. The zero-order valence-electron chi connectivity index (χ0n) is 9.28. The maximum absolute atomic E-state index is 13.0. The first-order valence-corrected chi connectivity index (χ1v) is 6.03. The van der Waals surface area contributed by atoms with Crippen molar-refractivity contribution in [2.45, 2.75) is 12.8 Å². The highest BCUT2D eigenvalue weighted by Crippen LogP contribution is 2.19. The van der Waals surface area contributed by atoms with Gasteiger partial charge in [-0.15, -0.1) is 0 Å². The standard InChI is InChI=1S/C11H10BrFN4O/c12-9-3-2-8(13)5-7(9)1-4-10(18)16-11-14-6-15-17-11/h2-3,5-6H,1,4H2,(H2,14,15,16,17,18). The van der Waals surface area contributed by atoms with Crippen LogP contribution in [0, 0.1) is 5.82 Å². The van der Waals surface area contributed by atoms with Gasteiger partial charge in [-0.05, 0) is 30.2 Å². The van der Waals surface area contributed by atoms with E-state index in [0.29, 0.717) is 12.4 Å². The summed E-state index contributed by atoms with van der Waals surface area (Å²) in [6, 6.07) is 4.40. The Morgan fingerprint density at radius 1 is 1.50 bits per heavy atom. The zero-order valence-corrected chi connectivity index (χ0v) is 10.9. The lowest BCUT2D eigenvalue weighted by molar-refractivity contribution is -0.116. The summed E-state index contributed by atoms with van der Waals surface area (Å²) in [6.07, 6.45) is 1.99. The molecule has 5 nitrogen and oxygen atoms in total. The van der Waals surface area contributed by atoms with E-state index in [0.717, 1.165) is 10.0 Å². The molecule has 2 N–H and O–H groups in total. The Morgan fingerprint density at radius 2 is 2.33 bits per heavy atom. The second-order valence-corrected chi connectivity index (χ2v) is 4.47. The van der Waals surface area contributed by atoms with Crippen molar-refractivity contribution < 1.29 is 9.18 Å². The molecule has 1 aromatic carbocycles. The van der Waals surface area contributed by atoms with Crippen LogP contribution in [-0.4, -0.2) is 21.1 Å². The van der Waals surface area contributed by atoms with Gasteiger partial charge in [0.1, 0.15) is 12.1 Å². The maximum Gasteiger partial charge on any atom is 0.227 e. The lowest BCUT2D eigenvalue weighted by atomic mass is 10.1. The predicted octanol–water partition coefficient (Wildman–Crippen LogP) is 2.28. The van der Waals surface area contributed by atoms with E-state index in [1.54, 1.807) is 6.07 Å². The topological polar surface area (TPSA) is 70.7 Å². The fraction of sp³-hybridized carbons (Fsp3) is 0.182. The first kappa shape index (κ1) is 12.7. The molecule has 0 aliphatic heterocycles. The van der Waals surface area contributed by atoms with Gasteiger partial charge < -0.3 is 0 Å². The van der Waals surface area contributed by atoms with E-state index in [4.69, 9.17) is 0 Å². The van der Waals surface area contributed by atoms with Crippen LogP contribution in [0.4, 0.5) is 10.3 Å². The highest BCUT2D eigenvalue weighted by atomic mass is 79.9. The first-order valence-electron chi connectivity index (χ1n) is 5.24. The third kappa shape index (κ3) is 3.36. The number of aromatic nitrogens is 3. The number of benzene rings is 1. The molecule has 2 aromatic rings. The van der Waals surface area contributed by atoms with Crippen LogP contribution < -0.4 is 5.32 Å². The zero-order chi connectivity index (χ0) is 13.0. The molecule has 94 valence electrons. The Morgan fingerprint density at radius 3 is 3.06 bits per heavy atom. The number of nitrogens with zero attached hydrogens (tertiary/aromatic N) is 2. The summed E-state index contributed by atoms with van der Waals surface area (Å²) < 4.78 is 13.8. The Kier molecular flexibility index (Phi) is 4.03. The highest BCUT2D eigenvalue weighted by Gasteiger charge is 2.07. The minimum atomic E-state index is -0.316. The number of hydrogen-bond donors (Lipinski definition) is 2. The van der Waals surface area contributed by atoms with Crippen molar-refractivity contribution in [1.29, 1.82) is 0 Å². The van der Waals surface area contributed by atoms with Crippen LogP contribution in [0.1, 0.15) is 12.0 Å². The average molecular weight is 313 g/mol. The summed E-state index contributed by atoms with van der Waals surface area (Å²) in [5, 5.41) is 8.68. The van der Waals surface area contributed by atoms with Crippen molar-refractivity contribution in [3.8, 4) is 0 Å². The molecule has 0 aliphatic carbocycles. The fourth-order valence-corrected chi connectivity index (χ4v) is 1.89. The number of nitrogens with one attached hydrogen (secondary N) is 2. The monoisotopic (exact) mass is 312 g/mol. The number of aromatic amines is 1. The van der Waals surface area contributed by atoms with E-state index in [9.17, 15) is 9.18 Å². The number of carbonyl (C=O) groups excluding carboxylic acids is 1. The average Bonchev–Trinajstić information content (AvgIpc) is 2.83. The van der Waals surface area contributed by atoms with Gasteiger partial charge >= 0.3 is 0 Å². The number of amides is 1. The molecule has 0 atom stereocenters. The molecule has 2 rings (SSSR count). The molecule has 0 bridgehead atoms. The minimum absolute atomic E-state index is 0.206. The minimum Gasteiger partial charge on any atom is -0.295 e. The lowest BCUT2D eigenvalue weighted by Crippen LogP contribution is -2.13. The van der Waals surface area contributed by atoms with E-state index in [2.05, 4.69) is 36.4 Å². The molecular weight excluding hydrogens is 303 g/mol. The second-order valence-electron chi connectivity index (χ2n) is 3.62. The van der Waals surface area contributed by atoms with Gasteiger partial charge in [0.25, 0.3) is 0 Å². The molecule has 0 saturated carbocycles. The van der Waals surface area contributed by atoms with Crippen molar-refractivity contribution >= 4 is 27.8 Å². The molecule has 0 fully saturated rings. The van der Waals surface area contributed by atoms with Crippen molar-refractivity contribution in [1.82, 2.24) is 15.2 Å². The number of aryl methyl sites for hydroxylation is 1. The van der Waals surface area contributed by atoms with Gasteiger partial charge in [0, 0.05) is 10.9 Å². The number of halogens is 2. The SMILES string of the molecule is O=C(CCc1cc(F)ccc1Br)Nc1ncn[nH]1. The van der Waals surface area contributed by atoms with E-state index in [1.165, 1.54) is 18.5 Å². The fourth-order valence-electron chi connectivity index (χ4n) is 1.44. The second kappa shape index (κ2) is 5.72. The largest absolute Gasteiger partial charge is 0.295 e. The molecule has 1 heterocycles. The van der Waals surface area contributed by atoms with Gasteiger partial charge in [0.15, 0.2) is 0 Å². The molecule has 0 spiro atoms. The van der Waals surface area contributed by atoms with Crippen LogP contribution >= 0.6 is 15.9 Å². The van der Waals surface area contributed by atoms with E-state index in [-0.39, 0.29) is 18.1 Å².